The molecule has 4 heteroatoms. The SMILES string of the molecule is CCCCC[C@H]1OC(=O)c2cc(Br)ccc2[C@@H]1O. The molecule has 1 aliphatic heterocycles. The van der Waals surface area contributed by atoms with Crippen LogP contribution in [0.4, 0.5) is 0 Å². The van der Waals surface area contributed by atoms with Crippen molar-refractivity contribution < 1.29 is 14.6 Å². The molecule has 0 bridgehead atoms. The second kappa shape index (κ2) is 5.85. The van der Waals surface area contributed by atoms with E-state index in [-0.39, 0.29) is 5.97 Å². The van der Waals surface area contributed by atoms with Crippen molar-refractivity contribution in [3.8, 4) is 0 Å². The summed E-state index contributed by atoms with van der Waals surface area (Å²) in [5.74, 6) is -0.335. The maximum atomic E-state index is 11.9. The first-order chi connectivity index (χ1) is 8.63. The van der Waals surface area contributed by atoms with Crippen molar-refractivity contribution in [2.24, 2.45) is 0 Å². The molecule has 18 heavy (non-hydrogen) atoms. The number of ether oxygens (including phenoxy) is 1. The highest BCUT2D eigenvalue weighted by Gasteiger charge is 2.33. The number of cyclic esters (lactones) is 1. The number of unbranched alkanes of at least 4 members (excludes halogenated alkanes) is 2. The van der Waals surface area contributed by atoms with Crippen LogP contribution >= 0.6 is 15.9 Å². The highest BCUT2D eigenvalue weighted by Crippen LogP contribution is 2.33. The Bertz CT molecular complexity index is 445. The number of rotatable bonds is 4. The molecule has 98 valence electrons. The zero-order valence-electron chi connectivity index (χ0n) is 10.4. The highest BCUT2D eigenvalue weighted by atomic mass is 79.9. The van der Waals surface area contributed by atoms with Crippen molar-refractivity contribution in [2.45, 2.75) is 44.8 Å². The van der Waals surface area contributed by atoms with Gasteiger partial charge in [0.2, 0.25) is 0 Å². The fraction of sp³-hybridized carbons (Fsp3) is 0.500. The molecular formula is C14H17BrO3. The van der Waals surface area contributed by atoms with Crippen LogP contribution in [0, 0.1) is 0 Å². The van der Waals surface area contributed by atoms with Gasteiger partial charge in [-0.1, -0.05) is 41.8 Å². The van der Waals surface area contributed by atoms with E-state index in [4.69, 9.17) is 4.74 Å². The first-order valence-corrected chi connectivity index (χ1v) is 7.11. The minimum absolute atomic E-state index is 0.335. The Hall–Kier alpha value is -0.870. The van der Waals surface area contributed by atoms with Crippen molar-refractivity contribution in [1.29, 1.82) is 0 Å². The zero-order valence-corrected chi connectivity index (χ0v) is 11.9. The number of esters is 1. The Labute approximate surface area is 115 Å². The maximum Gasteiger partial charge on any atom is 0.338 e. The van der Waals surface area contributed by atoms with E-state index in [0.717, 1.165) is 30.2 Å². The van der Waals surface area contributed by atoms with Crippen molar-refractivity contribution in [1.82, 2.24) is 0 Å². The topological polar surface area (TPSA) is 46.5 Å². The van der Waals surface area contributed by atoms with E-state index in [1.807, 2.05) is 6.07 Å². The van der Waals surface area contributed by atoms with Gasteiger partial charge in [0.25, 0.3) is 0 Å². The number of aliphatic hydroxyl groups is 1. The molecule has 0 aromatic heterocycles. The van der Waals surface area contributed by atoms with Crippen LogP contribution in [0.15, 0.2) is 22.7 Å². The van der Waals surface area contributed by atoms with Gasteiger partial charge >= 0.3 is 5.97 Å². The average Bonchev–Trinajstić information content (AvgIpc) is 2.35. The number of hydrogen-bond acceptors (Lipinski definition) is 3. The number of benzene rings is 1. The minimum atomic E-state index is -0.706. The van der Waals surface area contributed by atoms with Crippen LogP contribution < -0.4 is 0 Å². The number of carbonyl (C=O) groups is 1. The normalized spacial score (nSPS) is 22.5. The third kappa shape index (κ3) is 2.75. The molecule has 0 unspecified atom stereocenters. The third-order valence-electron chi connectivity index (χ3n) is 3.26. The van der Waals surface area contributed by atoms with Crippen LogP contribution in [0.3, 0.4) is 0 Å². The second-order valence-electron chi connectivity index (χ2n) is 4.62. The van der Waals surface area contributed by atoms with Gasteiger partial charge in [-0.3, -0.25) is 0 Å². The average molecular weight is 313 g/mol. The number of fused-ring (bicyclic) bond motifs is 1. The first-order valence-electron chi connectivity index (χ1n) is 6.32. The third-order valence-corrected chi connectivity index (χ3v) is 3.75. The van der Waals surface area contributed by atoms with Crippen LogP contribution in [0.5, 0.6) is 0 Å². The fourth-order valence-corrected chi connectivity index (χ4v) is 2.60. The molecule has 0 radical (unpaired) electrons. The molecule has 0 amide bonds. The molecule has 0 fully saturated rings. The lowest BCUT2D eigenvalue weighted by molar-refractivity contribution is -0.0330. The summed E-state index contributed by atoms with van der Waals surface area (Å²) in [4.78, 5) is 11.9. The molecule has 3 nitrogen and oxygen atoms in total. The Morgan fingerprint density at radius 2 is 2.17 bits per heavy atom. The molecular weight excluding hydrogens is 296 g/mol. The Balaban J connectivity index is 2.17. The van der Waals surface area contributed by atoms with Crippen molar-refractivity contribution in [3.05, 3.63) is 33.8 Å². The van der Waals surface area contributed by atoms with Crippen molar-refractivity contribution in [2.75, 3.05) is 0 Å². The molecule has 1 aliphatic rings. The van der Waals surface area contributed by atoms with Crippen LogP contribution in [0.25, 0.3) is 0 Å². The van der Waals surface area contributed by atoms with E-state index in [0.29, 0.717) is 11.1 Å². The summed E-state index contributed by atoms with van der Waals surface area (Å²) < 4.78 is 6.13. The monoisotopic (exact) mass is 312 g/mol. The van der Waals surface area contributed by atoms with Gasteiger partial charge in [0.15, 0.2) is 0 Å². The standard InChI is InChI=1S/C14H17BrO3/c1-2-3-4-5-12-13(16)10-7-6-9(15)8-11(10)14(17)18-12/h6-8,12-13,16H,2-5H2,1H3/t12-,13+/m1/s1. The van der Waals surface area contributed by atoms with Crippen molar-refractivity contribution in [3.63, 3.8) is 0 Å². The zero-order chi connectivity index (χ0) is 13.1. The van der Waals surface area contributed by atoms with Gasteiger partial charge in [-0.25, -0.2) is 4.79 Å². The Morgan fingerprint density at radius 1 is 1.39 bits per heavy atom. The summed E-state index contributed by atoms with van der Waals surface area (Å²) in [7, 11) is 0. The predicted molar refractivity (Wildman–Crippen MR) is 72.4 cm³/mol. The minimum Gasteiger partial charge on any atom is -0.456 e. The molecule has 0 aliphatic carbocycles. The molecule has 1 heterocycles. The lowest BCUT2D eigenvalue weighted by Crippen LogP contribution is -2.32. The molecule has 2 rings (SSSR count). The summed E-state index contributed by atoms with van der Waals surface area (Å²) in [6.07, 6.45) is 2.78. The number of halogens is 1. The highest BCUT2D eigenvalue weighted by molar-refractivity contribution is 9.10. The molecule has 1 aromatic carbocycles. The van der Waals surface area contributed by atoms with E-state index in [1.54, 1.807) is 12.1 Å². The summed E-state index contributed by atoms with van der Waals surface area (Å²) in [5, 5.41) is 10.2. The van der Waals surface area contributed by atoms with Gasteiger partial charge < -0.3 is 9.84 Å². The van der Waals surface area contributed by atoms with Gasteiger partial charge in [-0.2, -0.15) is 0 Å². The number of carbonyl (C=O) groups excluding carboxylic acids is 1. The maximum absolute atomic E-state index is 11.9. The summed E-state index contributed by atoms with van der Waals surface area (Å²) in [5.41, 5.74) is 1.14. The summed E-state index contributed by atoms with van der Waals surface area (Å²) in [6, 6.07) is 5.32. The summed E-state index contributed by atoms with van der Waals surface area (Å²) >= 11 is 3.31. The smallest absolute Gasteiger partial charge is 0.338 e. The van der Waals surface area contributed by atoms with Gasteiger partial charge in [-0.05, 0) is 30.5 Å². The van der Waals surface area contributed by atoms with E-state index < -0.39 is 12.2 Å². The molecule has 0 saturated carbocycles. The Morgan fingerprint density at radius 3 is 2.89 bits per heavy atom. The molecule has 1 aromatic rings. The molecule has 1 N–H and O–H groups in total. The molecule has 2 atom stereocenters. The first kappa shape index (κ1) is 13.6. The van der Waals surface area contributed by atoms with E-state index in [1.165, 1.54) is 0 Å². The van der Waals surface area contributed by atoms with E-state index >= 15 is 0 Å². The van der Waals surface area contributed by atoms with Crippen molar-refractivity contribution >= 4 is 21.9 Å². The predicted octanol–water partition coefficient (Wildman–Crippen LogP) is 3.60. The van der Waals surface area contributed by atoms with E-state index in [9.17, 15) is 9.90 Å². The number of hydrogen-bond donors (Lipinski definition) is 1. The van der Waals surface area contributed by atoms with Gasteiger partial charge in [0.05, 0.1) is 5.56 Å². The van der Waals surface area contributed by atoms with Gasteiger partial charge in [0.1, 0.15) is 12.2 Å². The van der Waals surface area contributed by atoms with Crippen LogP contribution in [-0.4, -0.2) is 17.2 Å². The quantitative estimate of drug-likeness (QED) is 0.682. The molecule has 0 spiro atoms. The van der Waals surface area contributed by atoms with Crippen LogP contribution in [0.2, 0.25) is 0 Å². The fourth-order valence-electron chi connectivity index (χ4n) is 2.24. The largest absolute Gasteiger partial charge is 0.456 e. The Kier molecular flexibility index (Phi) is 4.40. The van der Waals surface area contributed by atoms with Crippen LogP contribution in [-0.2, 0) is 4.74 Å². The lowest BCUT2D eigenvalue weighted by atomic mass is 9.93. The second-order valence-corrected chi connectivity index (χ2v) is 5.53. The van der Waals surface area contributed by atoms with Gasteiger partial charge in [0, 0.05) is 4.47 Å². The van der Waals surface area contributed by atoms with Gasteiger partial charge in [-0.15, -0.1) is 0 Å². The molecule has 0 saturated heterocycles. The lowest BCUT2D eigenvalue weighted by Gasteiger charge is -2.29. The summed E-state index contributed by atoms with van der Waals surface area (Å²) in [6.45, 7) is 2.12. The number of aliphatic hydroxyl groups excluding tert-OH is 1. The van der Waals surface area contributed by atoms with E-state index in [2.05, 4.69) is 22.9 Å². The van der Waals surface area contributed by atoms with Crippen LogP contribution in [0.1, 0.15) is 54.6 Å².